The van der Waals surface area contributed by atoms with Crippen molar-refractivity contribution >= 4 is 27.5 Å². The quantitative estimate of drug-likeness (QED) is 0.574. The smallest absolute Gasteiger partial charge is 0.253 e. The van der Waals surface area contributed by atoms with Crippen LogP contribution in [0.5, 0.6) is 11.5 Å². The molecule has 1 fully saturated rings. The minimum Gasteiger partial charge on any atom is -0.490 e. The molecule has 0 spiro atoms. The molecule has 0 radical (unpaired) electrons. The van der Waals surface area contributed by atoms with Gasteiger partial charge in [-0.3, -0.25) is 4.79 Å². The Hall–Kier alpha value is -2.29. The first kappa shape index (κ1) is 24.4. The fourth-order valence-electron chi connectivity index (χ4n) is 3.61. The zero-order chi connectivity index (χ0) is 23.3. The van der Waals surface area contributed by atoms with Crippen molar-refractivity contribution in [3.63, 3.8) is 0 Å². The first-order valence-electron chi connectivity index (χ1n) is 10.8. The number of rotatable bonds is 9. The molecule has 7 nitrogen and oxygen atoms in total. The van der Waals surface area contributed by atoms with Gasteiger partial charge in [0.25, 0.3) is 5.91 Å². The molecule has 0 saturated carbocycles. The Labute approximate surface area is 194 Å². The first-order chi connectivity index (χ1) is 15.3. The maximum absolute atomic E-state index is 13.0. The lowest BCUT2D eigenvalue weighted by atomic mass is 10.1. The summed E-state index contributed by atoms with van der Waals surface area (Å²) in [5.74, 6) is 0.789. The maximum atomic E-state index is 13.0. The van der Waals surface area contributed by atoms with Crippen molar-refractivity contribution in [3.05, 3.63) is 52.5 Å². The molecule has 1 atom stereocenters. The van der Waals surface area contributed by atoms with E-state index < -0.39 is 15.9 Å². The van der Waals surface area contributed by atoms with Crippen LogP contribution in [-0.2, 0) is 10.0 Å². The van der Waals surface area contributed by atoms with Gasteiger partial charge in [0.2, 0.25) is 10.0 Å². The van der Waals surface area contributed by atoms with Crippen molar-refractivity contribution in [2.45, 2.75) is 44.6 Å². The summed E-state index contributed by atoms with van der Waals surface area (Å²) in [6, 6.07) is 9.37. The number of hydrogen-bond acceptors (Lipinski definition) is 5. The highest BCUT2D eigenvalue weighted by molar-refractivity contribution is 7.89. The highest BCUT2D eigenvalue weighted by Crippen LogP contribution is 2.31. The van der Waals surface area contributed by atoms with Crippen molar-refractivity contribution in [1.82, 2.24) is 9.62 Å². The van der Waals surface area contributed by atoms with Crippen molar-refractivity contribution in [2.24, 2.45) is 0 Å². The Morgan fingerprint density at radius 3 is 2.38 bits per heavy atom. The predicted octanol–water partition coefficient (Wildman–Crippen LogP) is 4.41. The lowest BCUT2D eigenvalue weighted by molar-refractivity contribution is 0.0939. The van der Waals surface area contributed by atoms with Crippen molar-refractivity contribution in [3.8, 4) is 11.5 Å². The predicted molar refractivity (Wildman–Crippen MR) is 124 cm³/mol. The molecule has 1 amide bonds. The molecule has 2 aromatic carbocycles. The van der Waals surface area contributed by atoms with Gasteiger partial charge in [0.15, 0.2) is 11.5 Å². The number of halogens is 1. The molecule has 174 valence electrons. The molecule has 1 unspecified atom stereocenters. The van der Waals surface area contributed by atoms with Crippen LogP contribution in [-0.4, -0.2) is 44.9 Å². The van der Waals surface area contributed by atoms with Crippen molar-refractivity contribution in [1.29, 1.82) is 0 Å². The Morgan fingerprint density at radius 2 is 1.72 bits per heavy atom. The van der Waals surface area contributed by atoms with Crippen LogP contribution in [0.15, 0.2) is 41.3 Å². The second-order valence-corrected chi connectivity index (χ2v) is 9.87. The van der Waals surface area contributed by atoms with Gasteiger partial charge in [0.1, 0.15) is 0 Å². The number of hydrogen-bond donors (Lipinski definition) is 1. The van der Waals surface area contributed by atoms with Crippen molar-refractivity contribution in [2.75, 3.05) is 26.3 Å². The lowest BCUT2D eigenvalue weighted by Crippen LogP contribution is -2.29. The van der Waals surface area contributed by atoms with Crippen molar-refractivity contribution < 1.29 is 22.7 Å². The summed E-state index contributed by atoms with van der Waals surface area (Å²) in [5, 5.41) is 3.09. The molecule has 1 aliphatic rings. The second-order valence-electron chi connectivity index (χ2n) is 7.52. The van der Waals surface area contributed by atoms with Gasteiger partial charge < -0.3 is 14.8 Å². The fourth-order valence-corrected chi connectivity index (χ4v) is 5.36. The standard InChI is InChI=1S/C23H29ClN2O5S/c1-4-30-21-11-8-17(14-22(21)31-5-2)16(3)25-23(27)19-15-18(9-10-20(19)24)32(28,29)26-12-6-7-13-26/h8-11,14-16H,4-7,12-13H2,1-3H3,(H,25,27). The summed E-state index contributed by atoms with van der Waals surface area (Å²) in [6.07, 6.45) is 1.67. The molecule has 1 aliphatic heterocycles. The Kier molecular flexibility index (Phi) is 8.03. The van der Waals surface area contributed by atoms with Gasteiger partial charge in [0.05, 0.1) is 34.7 Å². The number of sulfonamides is 1. The zero-order valence-corrected chi connectivity index (χ0v) is 20.1. The van der Waals surface area contributed by atoms with E-state index in [1.165, 1.54) is 22.5 Å². The van der Waals surface area contributed by atoms with Crippen LogP contribution in [0, 0.1) is 0 Å². The number of carbonyl (C=O) groups excluding carboxylic acids is 1. The molecule has 1 N–H and O–H groups in total. The SMILES string of the molecule is CCOc1ccc(C(C)NC(=O)c2cc(S(=O)(=O)N3CCCC3)ccc2Cl)cc1OCC. The van der Waals surface area contributed by atoms with E-state index in [0.717, 1.165) is 18.4 Å². The average Bonchev–Trinajstić information content (AvgIpc) is 3.31. The zero-order valence-electron chi connectivity index (χ0n) is 18.6. The molecule has 9 heteroatoms. The van der Waals surface area contributed by atoms with Crippen LogP contribution in [0.2, 0.25) is 5.02 Å². The van der Waals surface area contributed by atoms with Gasteiger partial charge in [-0.1, -0.05) is 17.7 Å². The Morgan fingerprint density at radius 1 is 1.06 bits per heavy atom. The summed E-state index contributed by atoms with van der Waals surface area (Å²) in [5.41, 5.74) is 0.942. The Bertz CT molecular complexity index is 1070. The van der Waals surface area contributed by atoms with Crippen LogP contribution >= 0.6 is 11.6 Å². The minimum atomic E-state index is -3.65. The molecular formula is C23H29ClN2O5S. The van der Waals surface area contributed by atoms with Gasteiger partial charge in [-0.2, -0.15) is 4.31 Å². The molecule has 2 aromatic rings. The van der Waals surface area contributed by atoms with Gasteiger partial charge in [-0.25, -0.2) is 8.42 Å². The molecule has 32 heavy (non-hydrogen) atoms. The van der Waals surface area contributed by atoms with E-state index in [4.69, 9.17) is 21.1 Å². The second kappa shape index (κ2) is 10.6. The van der Waals surface area contributed by atoms with E-state index >= 15 is 0 Å². The Balaban J connectivity index is 1.81. The van der Waals surface area contributed by atoms with Gasteiger partial charge in [-0.15, -0.1) is 0 Å². The van der Waals surface area contributed by atoms with Crippen LogP contribution in [0.1, 0.15) is 55.6 Å². The molecule has 1 saturated heterocycles. The van der Waals surface area contributed by atoms with Crippen LogP contribution in [0.3, 0.4) is 0 Å². The van der Waals surface area contributed by atoms with Crippen LogP contribution < -0.4 is 14.8 Å². The molecule has 0 aromatic heterocycles. The van der Waals surface area contributed by atoms with Crippen LogP contribution in [0.4, 0.5) is 0 Å². The highest BCUT2D eigenvalue weighted by Gasteiger charge is 2.28. The molecule has 0 bridgehead atoms. The van der Waals surface area contributed by atoms with E-state index in [2.05, 4.69) is 5.32 Å². The van der Waals surface area contributed by atoms with E-state index in [1.54, 1.807) is 0 Å². The van der Waals surface area contributed by atoms with E-state index in [0.29, 0.717) is 37.8 Å². The van der Waals surface area contributed by atoms with Gasteiger partial charge >= 0.3 is 0 Å². The topological polar surface area (TPSA) is 84.9 Å². The summed E-state index contributed by atoms with van der Waals surface area (Å²) in [7, 11) is -3.65. The van der Waals surface area contributed by atoms with E-state index in [9.17, 15) is 13.2 Å². The third kappa shape index (κ3) is 5.36. The first-order valence-corrected chi connectivity index (χ1v) is 12.6. The third-order valence-corrected chi connectivity index (χ3v) is 7.52. The summed E-state index contributed by atoms with van der Waals surface area (Å²) in [6.45, 7) is 7.60. The summed E-state index contributed by atoms with van der Waals surface area (Å²) in [4.78, 5) is 13.0. The molecule has 0 aliphatic carbocycles. The molecule has 1 heterocycles. The molecular weight excluding hydrogens is 452 g/mol. The summed E-state index contributed by atoms with van der Waals surface area (Å²) >= 11 is 6.25. The third-order valence-electron chi connectivity index (χ3n) is 5.30. The number of nitrogens with one attached hydrogen (secondary N) is 1. The van der Waals surface area contributed by atoms with Crippen LogP contribution in [0.25, 0.3) is 0 Å². The fraction of sp³-hybridized carbons (Fsp3) is 0.435. The monoisotopic (exact) mass is 480 g/mol. The number of carbonyl (C=O) groups is 1. The van der Waals surface area contributed by atoms with E-state index in [-0.39, 0.29) is 21.5 Å². The minimum absolute atomic E-state index is 0.0707. The van der Waals surface area contributed by atoms with Gasteiger partial charge in [0, 0.05) is 13.1 Å². The average molecular weight is 481 g/mol. The number of ether oxygens (including phenoxy) is 2. The number of nitrogens with zero attached hydrogens (tertiary/aromatic N) is 1. The lowest BCUT2D eigenvalue weighted by Gasteiger charge is -2.19. The van der Waals surface area contributed by atoms with E-state index in [1.807, 2.05) is 39.0 Å². The van der Waals surface area contributed by atoms with Gasteiger partial charge in [-0.05, 0) is 69.5 Å². The number of amides is 1. The normalized spacial score (nSPS) is 15.4. The highest BCUT2D eigenvalue weighted by atomic mass is 35.5. The maximum Gasteiger partial charge on any atom is 0.253 e. The largest absolute Gasteiger partial charge is 0.490 e. The molecule has 3 rings (SSSR count). The summed E-state index contributed by atoms with van der Waals surface area (Å²) < 4.78 is 38.4. The number of benzene rings is 2.